The molecule has 0 atom stereocenters. The average molecular weight is 141 g/mol. The van der Waals surface area contributed by atoms with Crippen molar-refractivity contribution < 1.29 is 4.79 Å². The van der Waals surface area contributed by atoms with Gasteiger partial charge in [-0.1, -0.05) is 0 Å². The van der Waals surface area contributed by atoms with E-state index in [2.05, 4.69) is 4.98 Å². The van der Waals surface area contributed by atoms with Gasteiger partial charge in [-0.25, -0.2) is 0 Å². The van der Waals surface area contributed by atoms with Crippen molar-refractivity contribution >= 4 is 27.0 Å². The lowest BCUT2D eigenvalue weighted by Gasteiger charge is -2.01. The van der Waals surface area contributed by atoms with E-state index in [0.29, 0.717) is 0 Å². The van der Waals surface area contributed by atoms with Gasteiger partial charge >= 0.3 is 0 Å². The summed E-state index contributed by atoms with van der Waals surface area (Å²) in [6.45, 7) is 1.82. The smallest absolute Gasteiger partial charge is 0.175 e. The van der Waals surface area contributed by atoms with Crippen LogP contribution < -0.4 is 5.59 Å². The first kappa shape index (κ1) is 8.05. The molecule has 1 aromatic heterocycles. The Hall–Kier alpha value is -1.05. The van der Waals surface area contributed by atoms with Gasteiger partial charge in [0.2, 0.25) is 0 Å². The molecule has 50 valence electrons. The van der Waals surface area contributed by atoms with Gasteiger partial charge in [0.25, 0.3) is 0 Å². The molecule has 0 aromatic carbocycles. The Kier molecular flexibility index (Phi) is 2.13. The second-order valence-electron chi connectivity index (χ2n) is 2.31. The van der Waals surface area contributed by atoms with Crippen LogP contribution in [-0.4, -0.2) is 26.4 Å². The molecule has 0 aliphatic carbocycles. The summed E-state index contributed by atoms with van der Waals surface area (Å²) in [6, 6.07) is 1.62. The first-order valence-corrected chi connectivity index (χ1v) is 3.13. The SMILES string of the molecule is [B]C(=O)c1cc(C)cnc1[B]. The molecule has 0 saturated carbocycles. The Morgan fingerprint density at radius 2 is 2.27 bits per heavy atom. The number of rotatable bonds is 1. The van der Waals surface area contributed by atoms with E-state index < -0.39 is 5.68 Å². The van der Waals surface area contributed by atoms with E-state index in [9.17, 15) is 4.79 Å². The number of nitrogens with zero attached hydrogens (tertiary/aromatic N) is 1. The Balaban J connectivity index is 3.23. The van der Waals surface area contributed by atoms with Crippen LogP contribution in [0.25, 0.3) is 0 Å². The molecule has 1 heterocycles. The Morgan fingerprint density at radius 1 is 1.64 bits per heavy atom. The largest absolute Gasteiger partial charge is 0.307 e. The first-order chi connectivity index (χ1) is 5.11. The molecule has 1 aromatic rings. The van der Waals surface area contributed by atoms with Crippen molar-refractivity contribution in [2.45, 2.75) is 6.92 Å². The molecule has 0 aliphatic heterocycles. The van der Waals surface area contributed by atoms with Crippen molar-refractivity contribution in [3.8, 4) is 0 Å². The molecule has 11 heavy (non-hydrogen) atoms. The number of pyridine rings is 1. The fourth-order valence-electron chi connectivity index (χ4n) is 0.777. The lowest BCUT2D eigenvalue weighted by Crippen LogP contribution is -2.19. The fourth-order valence-corrected chi connectivity index (χ4v) is 0.777. The minimum Gasteiger partial charge on any atom is -0.307 e. The second-order valence-corrected chi connectivity index (χ2v) is 2.31. The van der Waals surface area contributed by atoms with Crippen molar-refractivity contribution in [1.82, 2.24) is 4.98 Å². The maximum atomic E-state index is 10.7. The molecule has 1 rings (SSSR count). The zero-order valence-electron chi connectivity index (χ0n) is 6.16. The quantitative estimate of drug-likeness (QED) is 0.493. The molecular formula is C7H5B2NO. The lowest BCUT2D eigenvalue weighted by atomic mass is 9.86. The molecule has 0 fully saturated rings. The summed E-state index contributed by atoms with van der Waals surface area (Å²) in [7, 11) is 10.4. The van der Waals surface area contributed by atoms with Gasteiger partial charge in [0.1, 0.15) is 13.5 Å². The van der Waals surface area contributed by atoms with E-state index in [1.165, 1.54) is 0 Å². The Labute approximate surface area is 67.8 Å². The highest BCUT2D eigenvalue weighted by atomic mass is 16.1. The maximum Gasteiger partial charge on any atom is 0.175 e. The summed E-state index contributed by atoms with van der Waals surface area (Å²) in [5, 5.41) is 0. The summed E-state index contributed by atoms with van der Waals surface area (Å²) in [5.74, 6) is 0. The summed E-state index contributed by atoms with van der Waals surface area (Å²) >= 11 is 0. The molecule has 2 nitrogen and oxygen atoms in total. The van der Waals surface area contributed by atoms with E-state index in [4.69, 9.17) is 15.7 Å². The molecule has 0 saturated heterocycles. The van der Waals surface area contributed by atoms with E-state index in [-0.39, 0.29) is 11.2 Å². The first-order valence-electron chi connectivity index (χ1n) is 3.13. The number of aryl methyl sites for hydroxylation is 1. The highest BCUT2D eigenvalue weighted by Crippen LogP contribution is 1.97. The summed E-state index contributed by atoms with van der Waals surface area (Å²) in [6.07, 6.45) is 1.59. The minimum absolute atomic E-state index is 0.183. The third kappa shape index (κ3) is 1.70. The molecule has 0 unspecified atom stereocenters. The summed E-state index contributed by atoms with van der Waals surface area (Å²) < 4.78 is 0. The molecular weight excluding hydrogens is 136 g/mol. The van der Waals surface area contributed by atoms with E-state index in [1.54, 1.807) is 12.3 Å². The van der Waals surface area contributed by atoms with Gasteiger partial charge in [-0.3, -0.25) is 4.98 Å². The molecule has 0 bridgehead atoms. The standard InChI is InChI=1S/C7H5B2NO/c1-4-2-5(7(9)11)6(8)10-3-4/h2-3H,1H3. The molecule has 4 radical (unpaired) electrons. The highest BCUT2D eigenvalue weighted by molar-refractivity contribution is 6.64. The lowest BCUT2D eigenvalue weighted by molar-refractivity contribution is 0.108. The van der Waals surface area contributed by atoms with Gasteiger partial charge in [0.05, 0.1) is 0 Å². The molecule has 0 N–H and O–H groups in total. The number of carbonyl (C=O) groups is 1. The molecule has 4 heteroatoms. The van der Waals surface area contributed by atoms with Crippen LogP contribution in [0, 0.1) is 6.92 Å². The van der Waals surface area contributed by atoms with Crippen molar-refractivity contribution in [1.29, 1.82) is 0 Å². The predicted octanol–water partition coefficient (Wildman–Crippen LogP) is -0.507. The average Bonchev–Trinajstić information content (AvgIpc) is 1.94. The van der Waals surface area contributed by atoms with Crippen LogP contribution in [0.3, 0.4) is 0 Å². The van der Waals surface area contributed by atoms with Crippen LogP contribution in [0.1, 0.15) is 15.9 Å². The third-order valence-electron chi connectivity index (χ3n) is 1.32. The monoisotopic (exact) mass is 141 g/mol. The maximum absolute atomic E-state index is 10.7. The fraction of sp³-hybridized carbons (Fsp3) is 0.143. The van der Waals surface area contributed by atoms with Crippen LogP contribution in [0.15, 0.2) is 12.3 Å². The van der Waals surface area contributed by atoms with E-state index in [1.807, 2.05) is 6.92 Å². The van der Waals surface area contributed by atoms with Gasteiger partial charge in [-0.15, -0.1) is 0 Å². The van der Waals surface area contributed by atoms with Gasteiger partial charge in [0.15, 0.2) is 7.85 Å². The summed E-state index contributed by atoms with van der Waals surface area (Å²) in [5.41, 5.74) is 0.791. The van der Waals surface area contributed by atoms with E-state index >= 15 is 0 Å². The van der Waals surface area contributed by atoms with Crippen molar-refractivity contribution in [3.63, 3.8) is 0 Å². The van der Waals surface area contributed by atoms with Crippen LogP contribution in [0.4, 0.5) is 0 Å². The van der Waals surface area contributed by atoms with Gasteiger partial charge < -0.3 is 4.79 Å². The molecule has 0 aliphatic rings. The summed E-state index contributed by atoms with van der Waals surface area (Å²) in [4.78, 5) is 14.5. The van der Waals surface area contributed by atoms with Gasteiger partial charge in [-0.05, 0) is 24.1 Å². The predicted molar refractivity (Wildman–Crippen MR) is 44.4 cm³/mol. The van der Waals surface area contributed by atoms with Gasteiger partial charge in [-0.2, -0.15) is 0 Å². The number of carbonyl (C=O) groups excluding carboxylic acids is 1. The highest BCUT2D eigenvalue weighted by Gasteiger charge is 2.02. The third-order valence-corrected chi connectivity index (χ3v) is 1.32. The van der Waals surface area contributed by atoms with Crippen LogP contribution in [-0.2, 0) is 0 Å². The number of aromatic nitrogens is 1. The Morgan fingerprint density at radius 3 is 2.73 bits per heavy atom. The van der Waals surface area contributed by atoms with Gasteiger partial charge in [0, 0.05) is 11.8 Å². The second kappa shape index (κ2) is 2.91. The van der Waals surface area contributed by atoms with Crippen LogP contribution >= 0.6 is 0 Å². The zero-order valence-corrected chi connectivity index (χ0v) is 6.16. The van der Waals surface area contributed by atoms with E-state index in [0.717, 1.165) is 5.56 Å². The zero-order chi connectivity index (χ0) is 8.43. The van der Waals surface area contributed by atoms with Crippen LogP contribution in [0.2, 0.25) is 0 Å². The minimum atomic E-state index is -0.543. The van der Waals surface area contributed by atoms with Crippen LogP contribution in [0.5, 0.6) is 0 Å². The Bertz CT molecular complexity index is 298. The molecule has 0 amide bonds. The van der Waals surface area contributed by atoms with Crippen molar-refractivity contribution in [2.75, 3.05) is 0 Å². The normalized spacial score (nSPS) is 9.55. The number of hydrogen-bond acceptors (Lipinski definition) is 2. The topological polar surface area (TPSA) is 30.0 Å². The molecule has 0 spiro atoms. The van der Waals surface area contributed by atoms with Crippen molar-refractivity contribution in [2.24, 2.45) is 0 Å². The van der Waals surface area contributed by atoms with Crippen molar-refractivity contribution in [3.05, 3.63) is 23.4 Å². The number of hydrogen-bond donors (Lipinski definition) is 0.